The summed E-state index contributed by atoms with van der Waals surface area (Å²) in [4.78, 5) is 26.2. The van der Waals surface area contributed by atoms with Crippen molar-refractivity contribution >= 4 is 49.5 Å². The molecule has 0 amide bonds. The number of nitrogens with one attached hydrogen (secondary N) is 1. The molecule has 7 heteroatoms. The Balaban J connectivity index is 1.97. The van der Waals surface area contributed by atoms with Gasteiger partial charge in [-0.05, 0) is 26.3 Å². The molecule has 20 heavy (non-hydrogen) atoms. The number of nitrogens with zero attached hydrogens (tertiary/aromatic N) is 2. The lowest BCUT2D eigenvalue weighted by Crippen LogP contribution is -2.12. The number of H-pyrrole nitrogens is 1. The van der Waals surface area contributed by atoms with Crippen LogP contribution in [-0.2, 0) is 0 Å². The molecule has 2 aromatic heterocycles. The second kappa shape index (κ2) is 5.54. The molecule has 0 saturated heterocycles. The number of aromatic amines is 1. The third-order valence-corrected chi connectivity index (χ3v) is 6.69. The molecule has 4 nitrogen and oxygen atoms in total. The first-order valence-corrected chi connectivity index (χ1v) is 9.08. The SMILES string of the molecule is Cc1sc2nc([C@H](C)SC3=NCCS3)[nH]c(=O)c2c1C. The minimum absolute atomic E-state index is 0.0275. The first-order valence-electron chi connectivity index (χ1n) is 6.40. The summed E-state index contributed by atoms with van der Waals surface area (Å²) in [5, 5.41) is 0.847. The number of thiophene rings is 1. The summed E-state index contributed by atoms with van der Waals surface area (Å²) in [7, 11) is 0. The van der Waals surface area contributed by atoms with Crippen LogP contribution in [0.3, 0.4) is 0 Å². The fraction of sp³-hybridized carbons (Fsp3) is 0.462. The minimum Gasteiger partial charge on any atom is -0.309 e. The zero-order valence-electron chi connectivity index (χ0n) is 11.5. The summed E-state index contributed by atoms with van der Waals surface area (Å²) in [5.41, 5.74) is 1.02. The fourth-order valence-electron chi connectivity index (χ4n) is 2.06. The first kappa shape index (κ1) is 14.2. The Morgan fingerprint density at radius 2 is 2.20 bits per heavy atom. The average Bonchev–Trinajstić information content (AvgIpc) is 2.99. The maximum absolute atomic E-state index is 12.2. The van der Waals surface area contributed by atoms with Crippen molar-refractivity contribution < 1.29 is 0 Å². The standard InChI is InChI=1S/C13H15N3OS3/c1-6-7(2)19-12-9(6)11(17)15-10(16-12)8(3)20-13-14-4-5-18-13/h8H,4-5H2,1-3H3,(H,15,16,17)/t8-/m0/s1. The molecule has 0 bridgehead atoms. The van der Waals surface area contributed by atoms with Crippen LogP contribution in [0.1, 0.15) is 28.4 Å². The quantitative estimate of drug-likeness (QED) is 0.918. The van der Waals surface area contributed by atoms with E-state index in [-0.39, 0.29) is 10.8 Å². The molecule has 106 valence electrons. The van der Waals surface area contributed by atoms with Crippen molar-refractivity contribution in [1.29, 1.82) is 0 Å². The van der Waals surface area contributed by atoms with Crippen LogP contribution in [-0.4, -0.2) is 26.6 Å². The third kappa shape index (κ3) is 2.54. The zero-order chi connectivity index (χ0) is 14.3. The highest BCUT2D eigenvalue weighted by atomic mass is 32.2. The molecule has 3 heterocycles. The van der Waals surface area contributed by atoms with Crippen LogP contribution in [0.15, 0.2) is 9.79 Å². The molecule has 1 aliphatic heterocycles. The topological polar surface area (TPSA) is 58.1 Å². The Bertz CT molecular complexity index is 747. The highest BCUT2D eigenvalue weighted by Crippen LogP contribution is 2.34. The Kier molecular flexibility index (Phi) is 3.92. The van der Waals surface area contributed by atoms with Crippen molar-refractivity contribution in [3.63, 3.8) is 0 Å². The van der Waals surface area contributed by atoms with Gasteiger partial charge in [0.15, 0.2) is 0 Å². The molecule has 0 radical (unpaired) electrons. The molecule has 0 fully saturated rings. The Morgan fingerprint density at radius 1 is 1.40 bits per heavy atom. The Morgan fingerprint density at radius 3 is 2.90 bits per heavy atom. The largest absolute Gasteiger partial charge is 0.309 e. The van der Waals surface area contributed by atoms with Crippen LogP contribution in [0.4, 0.5) is 0 Å². The van der Waals surface area contributed by atoms with E-state index in [1.54, 1.807) is 34.9 Å². The maximum Gasteiger partial charge on any atom is 0.259 e. The van der Waals surface area contributed by atoms with Gasteiger partial charge in [-0.15, -0.1) is 11.3 Å². The third-order valence-electron chi connectivity index (χ3n) is 3.28. The van der Waals surface area contributed by atoms with E-state index in [1.165, 1.54) is 0 Å². The maximum atomic E-state index is 12.2. The molecule has 2 aromatic rings. The second-order valence-electron chi connectivity index (χ2n) is 4.67. The van der Waals surface area contributed by atoms with Gasteiger partial charge in [0, 0.05) is 10.6 Å². The number of hydrogen-bond donors (Lipinski definition) is 1. The van der Waals surface area contributed by atoms with Gasteiger partial charge in [0.1, 0.15) is 15.0 Å². The van der Waals surface area contributed by atoms with Crippen molar-refractivity contribution in [1.82, 2.24) is 9.97 Å². The van der Waals surface area contributed by atoms with Crippen LogP contribution in [0.5, 0.6) is 0 Å². The Hall–Kier alpha value is -0.790. The van der Waals surface area contributed by atoms with Gasteiger partial charge >= 0.3 is 0 Å². The number of hydrogen-bond acceptors (Lipinski definition) is 6. The monoisotopic (exact) mass is 325 g/mol. The number of fused-ring (bicyclic) bond motifs is 1. The minimum atomic E-state index is -0.0275. The normalized spacial score (nSPS) is 16.6. The summed E-state index contributed by atoms with van der Waals surface area (Å²) in [5.74, 6) is 1.80. The lowest BCUT2D eigenvalue weighted by Gasteiger charge is -2.09. The molecule has 1 N–H and O–H groups in total. The predicted octanol–water partition coefficient (Wildman–Crippen LogP) is 3.50. The van der Waals surface area contributed by atoms with E-state index in [9.17, 15) is 4.79 Å². The zero-order valence-corrected chi connectivity index (χ0v) is 14.0. The highest BCUT2D eigenvalue weighted by Gasteiger charge is 2.18. The lowest BCUT2D eigenvalue weighted by atomic mass is 10.2. The van der Waals surface area contributed by atoms with Gasteiger partial charge in [-0.2, -0.15) is 0 Å². The number of aryl methyl sites for hydroxylation is 2. The van der Waals surface area contributed by atoms with E-state index < -0.39 is 0 Å². The van der Waals surface area contributed by atoms with Gasteiger partial charge in [0.25, 0.3) is 5.56 Å². The van der Waals surface area contributed by atoms with Crippen LogP contribution in [0, 0.1) is 13.8 Å². The molecule has 1 atom stereocenters. The molecule has 0 aromatic carbocycles. The summed E-state index contributed by atoms with van der Waals surface area (Å²) >= 11 is 5.04. The number of aliphatic imine (C=N–C) groups is 1. The van der Waals surface area contributed by atoms with E-state index in [0.717, 1.165) is 43.2 Å². The number of aromatic nitrogens is 2. The molecule has 0 aliphatic carbocycles. The lowest BCUT2D eigenvalue weighted by molar-refractivity contribution is 0.930. The summed E-state index contributed by atoms with van der Waals surface area (Å²) in [6.07, 6.45) is 0. The van der Waals surface area contributed by atoms with Gasteiger partial charge in [0.2, 0.25) is 0 Å². The number of rotatable bonds is 2. The summed E-state index contributed by atoms with van der Waals surface area (Å²) in [6, 6.07) is 0. The van der Waals surface area contributed by atoms with E-state index in [1.807, 2.05) is 13.8 Å². The van der Waals surface area contributed by atoms with Gasteiger partial charge in [-0.3, -0.25) is 9.79 Å². The van der Waals surface area contributed by atoms with Crippen molar-refractivity contribution in [2.24, 2.45) is 4.99 Å². The highest BCUT2D eigenvalue weighted by molar-refractivity contribution is 8.39. The fourth-order valence-corrected chi connectivity index (χ4v) is 5.28. The Labute approximate surface area is 129 Å². The van der Waals surface area contributed by atoms with Crippen LogP contribution < -0.4 is 5.56 Å². The van der Waals surface area contributed by atoms with Gasteiger partial charge in [-0.25, -0.2) is 4.98 Å². The van der Waals surface area contributed by atoms with Crippen LogP contribution in [0.25, 0.3) is 10.2 Å². The van der Waals surface area contributed by atoms with Crippen LogP contribution in [0.2, 0.25) is 0 Å². The van der Waals surface area contributed by atoms with Gasteiger partial charge < -0.3 is 4.98 Å². The average molecular weight is 325 g/mol. The molecular formula is C13H15N3OS3. The summed E-state index contributed by atoms with van der Waals surface area (Å²) < 4.78 is 1.10. The predicted molar refractivity (Wildman–Crippen MR) is 90.5 cm³/mol. The molecule has 3 rings (SSSR count). The van der Waals surface area contributed by atoms with Gasteiger partial charge in [0.05, 0.1) is 17.2 Å². The molecule has 0 unspecified atom stereocenters. The van der Waals surface area contributed by atoms with E-state index in [4.69, 9.17) is 0 Å². The molecular weight excluding hydrogens is 310 g/mol. The number of thioether (sulfide) groups is 2. The van der Waals surface area contributed by atoms with E-state index >= 15 is 0 Å². The van der Waals surface area contributed by atoms with Gasteiger partial charge in [-0.1, -0.05) is 23.5 Å². The van der Waals surface area contributed by atoms with E-state index in [0.29, 0.717) is 0 Å². The van der Waals surface area contributed by atoms with E-state index in [2.05, 4.69) is 21.9 Å². The smallest absolute Gasteiger partial charge is 0.259 e. The van der Waals surface area contributed by atoms with Crippen molar-refractivity contribution in [3.8, 4) is 0 Å². The van der Waals surface area contributed by atoms with Crippen molar-refractivity contribution in [3.05, 3.63) is 26.6 Å². The molecule has 0 spiro atoms. The second-order valence-corrected chi connectivity index (χ2v) is 8.55. The van der Waals surface area contributed by atoms with Crippen molar-refractivity contribution in [2.45, 2.75) is 26.0 Å². The summed E-state index contributed by atoms with van der Waals surface area (Å²) in [6.45, 7) is 6.96. The first-order chi connectivity index (χ1) is 9.56. The van der Waals surface area contributed by atoms with Crippen LogP contribution >= 0.6 is 34.9 Å². The molecule has 0 saturated carbocycles. The molecule has 1 aliphatic rings. The van der Waals surface area contributed by atoms with Crippen molar-refractivity contribution in [2.75, 3.05) is 12.3 Å².